The summed E-state index contributed by atoms with van der Waals surface area (Å²) in [7, 11) is 1.33. The fourth-order valence-electron chi connectivity index (χ4n) is 3.50. The lowest BCUT2D eigenvalue weighted by atomic mass is 9.94. The quantitative estimate of drug-likeness (QED) is 0.455. The molecule has 2 heterocycles. The molecule has 2 aliphatic rings. The monoisotopic (exact) mass is 432 g/mol. The molecular formula is C22H28N2O5S. The third-order valence-electron chi connectivity index (χ3n) is 5.00. The number of aliphatic imine (C=N–C) groups is 1. The molecule has 1 fully saturated rings. The second kappa shape index (κ2) is 9.55. The van der Waals surface area contributed by atoms with Crippen molar-refractivity contribution in [2.75, 3.05) is 20.3 Å². The summed E-state index contributed by atoms with van der Waals surface area (Å²) in [5.41, 5.74) is 1.65. The van der Waals surface area contributed by atoms with Gasteiger partial charge < -0.3 is 14.2 Å². The summed E-state index contributed by atoms with van der Waals surface area (Å²) in [6, 6.07) is 4.92. The minimum Gasteiger partial charge on any atom is -0.490 e. The fraction of sp³-hybridized carbons (Fsp3) is 0.500. The SMILES string of the molecule is CCCCOc1ccc(C2C(C(=O)OC)=C(C)N=C3SC(C)C(=O)N32)cc1OCC. The van der Waals surface area contributed by atoms with Crippen LogP contribution in [0.3, 0.4) is 0 Å². The Morgan fingerprint density at radius 3 is 2.67 bits per heavy atom. The maximum atomic E-state index is 12.9. The second-order valence-electron chi connectivity index (χ2n) is 7.10. The van der Waals surface area contributed by atoms with E-state index in [1.165, 1.54) is 18.9 Å². The van der Waals surface area contributed by atoms with Gasteiger partial charge >= 0.3 is 5.97 Å². The van der Waals surface area contributed by atoms with Crippen molar-refractivity contribution in [2.45, 2.75) is 51.8 Å². The number of esters is 1. The molecule has 7 nitrogen and oxygen atoms in total. The van der Waals surface area contributed by atoms with Gasteiger partial charge in [-0.3, -0.25) is 9.69 Å². The van der Waals surface area contributed by atoms with Gasteiger partial charge in [0.05, 0.1) is 42.9 Å². The van der Waals surface area contributed by atoms with E-state index in [9.17, 15) is 9.59 Å². The lowest BCUT2D eigenvalue weighted by Gasteiger charge is -2.33. The maximum absolute atomic E-state index is 12.9. The van der Waals surface area contributed by atoms with Crippen LogP contribution in [0.25, 0.3) is 0 Å². The molecule has 0 spiro atoms. The lowest BCUT2D eigenvalue weighted by molar-refractivity contribution is -0.137. The van der Waals surface area contributed by atoms with Gasteiger partial charge in [-0.25, -0.2) is 9.79 Å². The molecule has 0 radical (unpaired) electrons. The number of benzene rings is 1. The maximum Gasteiger partial charge on any atom is 0.338 e. The molecule has 1 aromatic carbocycles. The van der Waals surface area contributed by atoms with E-state index in [0.717, 1.165) is 18.4 Å². The van der Waals surface area contributed by atoms with Gasteiger partial charge in [-0.1, -0.05) is 31.2 Å². The van der Waals surface area contributed by atoms with E-state index in [0.29, 0.717) is 41.2 Å². The zero-order chi connectivity index (χ0) is 21.8. The summed E-state index contributed by atoms with van der Waals surface area (Å²) in [5, 5.41) is 0.336. The Morgan fingerprint density at radius 1 is 1.23 bits per heavy atom. The van der Waals surface area contributed by atoms with Gasteiger partial charge in [0, 0.05) is 0 Å². The molecule has 1 saturated heterocycles. The molecule has 1 amide bonds. The van der Waals surface area contributed by atoms with E-state index < -0.39 is 12.0 Å². The first-order chi connectivity index (χ1) is 14.4. The minimum absolute atomic E-state index is 0.0844. The van der Waals surface area contributed by atoms with Gasteiger partial charge in [0.15, 0.2) is 16.7 Å². The van der Waals surface area contributed by atoms with Crippen molar-refractivity contribution in [2.24, 2.45) is 4.99 Å². The summed E-state index contributed by atoms with van der Waals surface area (Å²) in [6.45, 7) is 8.69. The zero-order valence-electron chi connectivity index (χ0n) is 18.1. The number of carbonyl (C=O) groups excluding carboxylic acids is 2. The molecule has 0 saturated carbocycles. The van der Waals surface area contributed by atoms with Gasteiger partial charge in [0.2, 0.25) is 5.91 Å². The highest BCUT2D eigenvalue weighted by molar-refractivity contribution is 8.15. The molecule has 2 atom stereocenters. The van der Waals surface area contributed by atoms with E-state index in [2.05, 4.69) is 11.9 Å². The molecule has 2 unspecified atom stereocenters. The van der Waals surface area contributed by atoms with Gasteiger partial charge in [-0.2, -0.15) is 0 Å². The normalized spacial score (nSPS) is 20.8. The van der Waals surface area contributed by atoms with Gasteiger partial charge in [-0.05, 0) is 44.9 Å². The van der Waals surface area contributed by atoms with Crippen molar-refractivity contribution in [1.82, 2.24) is 4.90 Å². The molecule has 0 aromatic heterocycles. The van der Waals surface area contributed by atoms with Gasteiger partial charge in [0.25, 0.3) is 0 Å². The number of hydrogen-bond acceptors (Lipinski definition) is 7. The van der Waals surface area contributed by atoms with Crippen LogP contribution in [-0.2, 0) is 14.3 Å². The Morgan fingerprint density at radius 2 is 2.00 bits per heavy atom. The number of allylic oxidation sites excluding steroid dienone is 1. The fourth-order valence-corrected chi connectivity index (χ4v) is 4.53. The lowest BCUT2D eigenvalue weighted by Crippen LogP contribution is -2.40. The molecule has 162 valence electrons. The second-order valence-corrected chi connectivity index (χ2v) is 8.41. The molecule has 1 aromatic rings. The number of amides is 1. The number of unbranched alkanes of at least 4 members (excludes halogenated alkanes) is 1. The molecule has 2 aliphatic heterocycles. The summed E-state index contributed by atoms with van der Waals surface area (Å²) in [4.78, 5) is 31.7. The average molecular weight is 433 g/mol. The number of nitrogens with zero attached hydrogens (tertiary/aromatic N) is 2. The molecule has 0 bridgehead atoms. The van der Waals surface area contributed by atoms with Crippen molar-refractivity contribution in [3.63, 3.8) is 0 Å². The smallest absolute Gasteiger partial charge is 0.338 e. The molecule has 0 aliphatic carbocycles. The van der Waals surface area contributed by atoms with Crippen molar-refractivity contribution in [3.05, 3.63) is 35.0 Å². The summed E-state index contributed by atoms with van der Waals surface area (Å²) < 4.78 is 16.7. The van der Waals surface area contributed by atoms with E-state index >= 15 is 0 Å². The zero-order valence-corrected chi connectivity index (χ0v) is 18.9. The highest BCUT2D eigenvalue weighted by Gasteiger charge is 2.46. The van der Waals surface area contributed by atoms with Crippen LogP contribution >= 0.6 is 11.8 Å². The average Bonchev–Trinajstić information content (AvgIpc) is 3.01. The first-order valence-corrected chi connectivity index (χ1v) is 11.1. The first kappa shape index (κ1) is 22.2. The molecular weight excluding hydrogens is 404 g/mol. The Balaban J connectivity index is 2.07. The molecule has 8 heteroatoms. The summed E-state index contributed by atoms with van der Waals surface area (Å²) in [6.07, 6.45) is 1.98. The van der Waals surface area contributed by atoms with Crippen molar-refractivity contribution < 1.29 is 23.8 Å². The van der Waals surface area contributed by atoms with Crippen LogP contribution in [0.4, 0.5) is 0 Å². The largest absolute Gasteiger partial charge is 0.490 e. The number of amidine groups is 1. The Labute approximate surface area is 181 Å². The standard InChI is InChI=1S/C22H28N2O5S/c1-6-8-11-29-16-10-9-15(12-17(16)28-7-2)19-18(21(26)27-5)13(3)23-22-24(19)20(25)14(4)30-22/h9-10,12,14,19H,6-8,11H2,1-5H3. The van der Waals surface area contributed by atoms with Crippen LogP contribution in [0.2, 0.25) is 0 Å². The summed E-state index contributed by atoms with van der Waals surface area (Å²) >= 11 is 1.40. The number of rotatable bonds is 8. The van der Waals surface area contributed by atoms with Gasteiger partial charge in [-0.15, -0.1) is 0 Å². The molecule has 0 N–H and O–H groups in total. The van der Waals surface area contributed by atoms with E-state index in [1.54, 1.807) is 11.8 Å². The van der Waals surface area contributed by atoms with Crippen molar-refractivity contribution in [1.29, 1.82) is 0 Å². The minimum atomic E-state index is -0.626. The van der Waals surface area contributed by atoms with Crippen LogP contribution < -0.4 is 9.47 Å². The molecule has 30 heavy (non-hydrogen) atoms. The van der Waals surface area contributed by atoms with Crippen molar-refractivity contribution >= 4 is 28.8 Å². The predicted octanol–water partition coefficient (Wildman–Crippen LogP) is 4.09. The number of methoxy groups -OCH3 is 1. The van der Waals surface area contributed by atoms with Crippen LogP contribution in [0.15, 0.2) is 34.5 Å². The van der Waals surface area contributed by atoms with Crippen LogP contribution in [0.1, 0.15) is 52.1 Å². The predicted molar refractivity (Wildman–Crippen MR) is 117 cm³/mol. The van der Waals surface area contributed by atoms with Crippen LogP contribution in [0, 0.1) is 0 Å². The highest BCUT2D eigenvalue weighted by Crippen LogP contribution is 2.44. The topological polar surface area (TPSA) is 77.4 Å². The number of ether oxygens (including phenoxy) is 3. The van der Waals surface area contributed by atoms with E-state index in [1.807, 2.05) is 32.0 Å². The van der Waals surface area contributed by atoms with E-state index in [-0.39, 0.29) is 11.2 Å². The Bertz CT molecular complexity index is 896. The number of fused-ring (bicyclic) bond motifs is 1. The highest BCUT2D eigenvalue weighted by atomic mass is 32.2. The number of thioether (sulfide) groups is 1. The third kappa shape index (κ3) is 4.19. The Kier molecular flexibility index (Phi) is 7.07. The Hall–Kier alpha value is -2.48. The number of carbonyl (C=O) groups is 2. The molecule has 3 rings (SSSR count). The number of hydrogen-bond donors (Lipinski definition) is 0. The van der Waals surface area contributed by atoms with Crippen LogP contribution in [0.5, 0.6) is 11.5 Å². The van der Waals surface area contributed by atoms with Gasteiger partial charge in [0.1, 0.15) is 0 Å². The summed E-state index contributed by atoms with van der Waals surface area (Å²) in [5.74, 6) is 0.650. The third-order valence-corrected chi connectivity index (χ3v) is 6.06. The van der Waals surface area contributed by atoms with Crippen molar-refractivity contribution in [3.8, 4) is 11.5 Å². The van der Waals surface area contributed by atoms with E-state index in [4.69, 9.17) is 14.2 Å². The first-order valence-electron chi connectivity index (χ1n) is 10.2. The van der Waals surface area contributed by atoms with Crippen LogP contribution in [-0.4, -0.2) is 47.5 Å².